The van der Waals surface area contributed by atoms with Crippen molar-refractivity contribution >= 4 is 5.97 Å². The van der Waals surface area contributed by atoms with Crippen molar-refractivity contribution in [3.8, 4) is 0 Å². The van der Waals surface area contributed by atoms with Crippen molar-refractivity contribution < 1.29 is 20.1 Å². The Balaban J connectivity index is 4.28. The number of carboxylic acids is 1. The zero-order chi connectivity index (χ0) is 12.9. The third kappa shape index (κ3) is 5.47. The van der Waals surface area contributed by atoms with Gasteiger partial charge in [-0.05, 0) is 24.7 Å². The average molecular weight is 232 g/mol. The fourth-order valence-corrected chi connectivity index (χ4v) is 1.72. The summed E-state index contributed by atoms with van der Waals surface area (Å²) in [4.78, 5) is 10.9. The third-order valence-corrected chi connectivity index (χ3v) is 2.77. The highest BCUT2D eigenvalue weighted by atomic mass is 16.4. The van der Waals surface area contributed by atoms with Crippen molar-refractivity contribution in [1.29, 1.82) is 0 Å². The number of aliphatic hydroxyl groups excluding tert-OH is 2. The van der Waals surface area contributed by atoms with Crippen LogP contribution in [-0.4, -0.2) is 33.5 Å². The van der Waals surface area contributed by atoms with E-state index in [1.807, 2.05) is 13.8 Å². The molecule has 0 aliphatic carbocycles. The van der Waals surface area contributed by atoms with E-state index in [0.29, 0.717) is 6.42 Å². The van der Waals surface area contributed by atoms with Crippen LogP contribution in [0.2, 0.25) is 0 Å². The fraction of sp³-hybridized carbons (Fsp3) is 0.917. The first-order chi connectivity index (χ1) is 7.25. The largest absolute Gasteiger partial charge is 0.481 e. The Kier molecular flexibility index (Phi) is 6.60. The smallest absolute Gasteiger partial charge is 0.306 e. The molecule has 4 nitrogen and oxygen atoms in total. The van der Waals surface area contributed by atoms with Crippen LogP contribution in [0, 0.1) is 17.8 Å². The summed E-state index contributed by atoms with van der Waals surface area (Å²) in [6, 6.07) is 0. The number of rotatable bonds is 7. The SMILES string of the molecule is CC(C)C[C@@H](O)[C@H](O)C[C@H](C(=O)O)C(C)C. The van der Waals surface area contributed by atoms with E-state index >= 15 is 0 Å². The minimum Gasteiger partial charge on any atom is -0.481 e. The molecule has 0 amide bonds. The number of carbonyl (C=O) groups is 1. The topological polar surface area (TPSA) is 77.8 Å². The number of hydrogen-bond donors (Lipinski definition) is 3. The predicted octanol–water partition coefficient (Wildman–Crippen LogP) is 1.50. The maximum Gasteiger partial charge on any atom is 0.306 e. The molecule has 3 N–H and O–H groups in total. The van der Waals surface area contributed by atoms with Crippen LogP contribution in [0.3, 0.4) is 0 Å². The summed E-state index contributed by atoms with van der Waals surface area (Å²) < 4.78 is 0. The second-order valence-corrected chi connectivity index (χ2v) is 5.19. The molecular weight excluding hydrogens is 208 g/mol. The Morgan fingerprint density at radius 2 is 1.44 bits per heavy atom. The lowest BCUT2D eigenvalue weighted by Crippen LogP contribution is -2.33. The van der Waals surface area contributed by atoms with Gasteiger partial charge in [-0.2, -0.15) is 0 Å². The molecule has 0 rings (SSSR count). The third-order valence-electron chi connectivity index (χ3n) is 2.77. The molecule has 0 saturated heterocycles. The molecular formula is C12H24O4. The predicted molar refractivity (Wildman–Crippen MR) is 62.0 cm³/mol. The van der Waals surface area contributed by atoms with E-state index in [1.54, 1.807) is 13.8 Å². The van der Waals surface area contributed by atoms with E-state index in [-0.39, 0.29) is 18.3 Å². The Morgan fingerprint density at radius 1 is 1.00 bits per heavy atom. The molecule has 3 atom stereocenters. The first-order valence-corrected chi connectivity index (χ1v) is 5.84. The monoisotopic (exact) mass is 232 g/mol. The van der Waals surface area contributed by atoms with Gasteiger partial charge in [-0.3, -0.25) is 4.79 Å². The first kappa shape index (κ1) is 15.4. The van der Waals surface area contributed by atoms with Crippen molar-refractivity contribution in [3.63, 3.8) is 0 Å². The molecule has 0 radical (unpaired) electrons. The summed E-state index contributed by atoms with van der Waals surface area (Å²) in [5.41, 5.74) is 0. The lowest BCUT2D eigenvalue weighted by atomic mass is 9.87. The van der Waals surface area contributed by atoms with Gasteiger partial charge in [-0.25, -0.2) is 0 Å². The fourth-order valence-electron chi connectivity index (χ4n) is 1.72. The number of aliphatic carboxylic acids is 1. The van der Waals surface area contributed by atoms with Crippen molar-refractivity contribution in [2.45, 2.75) is 52.7 Å². The molecule has 0 aromatic heterocycles. The molecule has 0 aliphatic heterocycles. The molecule has 16 heavy (non-hydrogen) atoms. The Labute approximate surface area is 97.3 Å². The van der Waals surface area contributed by atoms with Gasteiger partial charge in [0.15, 0.2) is 0 Å². The zero-order valence-electron chi connectivity index (χ0n) is 10.6. The first-order valence-electron chi connectivity index (χ1n) is 5.84. The molecule has 0 aromatic carbocycles. The maximum atomic E-state index is 10.9. The highest BCUT2D eigenvalue weighted by Gasteiger charge is 2.28. The van der Waals surface area contributed by atoms with Gasteiger partial charge in [0.25, 0.3) is 0 Å². The second-order valence-electron chi connectivity index (χ2n) is 5.19. The minimum absolute atomic E-state index is 0.0431. The van der Waals surface area contributed by atoms with Gasteiger partial charge in [0.05, 0.1) is 18.1 Å². The van der Waals surface area contributed by atoms with Crippen LogP contribution >= 0.6 is 0 Å². The second kappa shape index (κ2) is 6.86. The summed E-state index contributed by atoms with van der Waals surface area (Å²) in [5, 5.41) is 28.3. The van der Waals surface area contributed by atoms with E-state index in [9.17, 15) is 15.0 Å². The van der Waals surface area contributed by atoms with Crippen molar-refractivity contribution in [1.82, 2.24) is 0 Å². The summed E-state index contributed by atoms with van der Waals surface area (Å²) in [7, 11) is 0. The highest BCUT2D eigenvalue weighted by Crippen LogP contribution is 2.21. The number of carboxylic acid groups (broad SMARTS) is 1. The minimum atomic E-state index is -0.953. The van der Waals surface area contributed by atoms with Gasteiger partial charge in [0.1, 0.15) is 0 Å². The quantitative estimate of drug-likeness (QED) is 0.621. The molecule has 0 unspecified atom stereocenters. The molecule has 0 bridgehead atoms. The van der Waals surface area contributed by atoms with Gasteiger partial charge in [-0.15, -0.1) is 0 Å². The normalized spacial score (nSPS) is 17.5. The van der Waals surface area contributed by atoms with E-state index in [2.05, 4.69) is 0 Å². The lowest BCUT2D eigenvalue weighted by molar-refractivity contribution is -0.145. The van der Waals surface area contributed by atoms with Crippen molar-refractivity contribution in [3.05, 3.63) is 0 Å². The molecule has 0 aliphatic rings. The number of aliphatic hydroxyl groups is 2. The maximum absolute atomic E-state index is 10.9. The van der Waals surface area contributed by atoms with E-state index < -0.39 is 24.1 Å². The van der Waals surface area contributed by atoms with Crippen LogP contribution in [0.15, 0.2) is 0 Å². The van der Waals surface area contributed by atoms with Gasteiger partial charge in [-0.1, -0.05) is 27.7 Å². The van der Waals surface area contributed by atoms with Crippen molar-refractivity contribution in [2.24, 2.45) is 17.8 Å². The van der Waals surface area contributed by atoms with Gasteiger partial charge in [0, 0.05) is 0 Å². The molecule has 0 aromatic rings. The molecule has 0 fully saturated rings. The Hall–Kier alpha value is -0.610. The van der Waals surface area contributed by atoms with Crippen LogP contribution in [0.1, 0.15) is 40.5 Å². The highest BCUT2D eigenvalue weighted by molar-refractivity contribution is 5.70. The molecule has 0 heterocycles. The van der Waals surface area contributed by atoms with Gasteiger partial charge >= 0.3 is 5.97 Å². The van der Waals surface area contributed by atoms with Gasteiger partial charge in [0.2, 0.25) is 0 Å². The zero-order valence-corrected chi connectivity index (χ0v) is 10.6. The summed E-state index contributed by atoms with van der Waals surface area (Å²) in [6.45, 7) is 7.51. The van der Waals surface area contributed by atoms with E-state index in [4.69, 9.17) is 5.11 Å². The molecule has 4 heteroatoms. The van der Waals surface area contributed by atoms with E-state index in [1.165, 1.54) is 0 Å². The Morgan fingerprint density at radius 3 is 1.75 bits per heavy atom. The van der Waals surface area contributed by atoms with Crippen LogP contribution < -0.4 is 0 Å². The summed E-state index contributed by atoms with van der Waals surface area (Å²) in [5.74, 6) is -1.27. The molecule has 0 saturated carbocycles. The van der Waals surface area contributed by atoms with Crippen LogP contribution in [0.5, 0.6) is 0 Å². The van der Waals surface area contributed by atoms with E-state index in [0.717, 1.165) is 0 Å². The van der Waals surface area contributed by atoms with Gasteiger partial charge < -0.3 is 15.3 Å². The Bertz CT molecular complexity index is 213. The number of hydrogen-bond acceptors (Lipinski definition) is 3. The lowest BCUT2D eigenvalue weighted by Gasteiger charge is -2.24. The van der Waals surface area contributed by atoms with Crippen LogP contribution in [-0.2, 0) is 4.79 Å². The van der Waals surface area contributed by atoms with Crippen LogP contribution in [0.25, 0.3) is 0 Å². The molecule has 96 valence electrons. The standard InChI is InChI=1S/C12H24O4/c1-7(2)5-10(13)11(14)6-9(8(3)4)12(15)16/h7-11,13-14H,5-6H2,1-4H3,(H,15,16)/t9-,10+,11+/m0/s1. The van der Waals surface area contributed by atoms with Crippen LogP contribution in [0.4, 0.5) is 0 Å². The average Bonchev–Trinajstić information content (AvgIpc) is 2.11. The molecule has 0 spiro atoms. The van der Waals surface area contributed by atoms with Crippen molar-refractivity contribution in [2.75, 3.05) is 0 Å². The summed E-state index contributed by atoms with van der Waals surface area (Å²) >= 11 is 0. The summed E-state index contributed by atoms with van der Waals surface area (Å²) in [6.07, 6.45) is -1.18.